The number of rotatable bonds is 9. The Balaban J connectivity index is 1.56. The molecule has 1 atom stereocenters. The Morgan fingerprint density at radius 2 is 1.93 bits per heavy atom. The SMILES string of the molecule is CC(C)NS(=O)(=O)c1ccc(NC(=O)C(C)Sc2n[nH]c(Cc3cccs3)n2)cc1. The number of carbonyl (C=O) groups is 1. The van der Waals surface area contributed by atoms with E-state index in [0.29, 0.717) is 17.3 Å². The number of H-pyrrole nitrogens is 1. The fraction of sp³-hybridized carbons (Fsp3) is 0.316. The van der Waals surface area contributed by atoms with Crippen LogP contribution in [0, 0.1) is 0 Å². The molecule has 0 aliphatic heterocycles. The molecule has 0 saturated carbocycles. The first-order valence-corrected chi connectivity index (χ1v) is 12.5. The Bertz CT molecular complexity index is 1080. The monoisotopic (exact) mass is 465 g/mol. The number of carbonyl (C=O) groups excluding carboxylic acids is 1. The van der Waals surface area contributed by atoms with Crippen LogP contribution in [0.4, 0.5) is 5.69 Å². The molecule has 3 aromatic rings. The van der Waals surface area contributed by atoms with Crippen molar-refractivity contribution < 1.29 is 13.2 Å². The molecule has 1 unspecified atom stereocenters. The van der Waals surface area contributed by atoms with Gasteiger partial charge >= 0.3 is 0 Å². The van der Waals surface area contributed by atoms with E-state index >= 15 is 0 Å². The van der Waals surface area contributed by atoms with Gasteiger partial charge in [0.25, 0.3) is 0 Å². The van der Waals surface area contributed by atoms with E-state index in [-0.39, 0.29) is 16.8 Å². The van der Waals surface area contributed by atoms with Crippen molar-refractivity contribution >= 4 is 44.7 Å². The third-order valence-electron chi connectivity index (χ3n) is 3.91. The minimum Gasteiger partial charge on any atom is -0.325 e. The van der Waals surface area contributed by atoms with Crippen molar-refractivity contribution in [2.24, 2.45) is 0 Å². The smallest absolute Gasteiger partial charge is 0.240 e. The van der Waals surface area contributed by atoms with Gasteiger partial charge in [-0.3, -0.25) is 9.89 Å². The van der Waals surface area contributed by atoms with E-state index in [2.05, 4.69) is 25.2 Å². The van der Waals surface area contributed by atoms with Crippen molar-refractivity contribution in [2.75, 3.05) is 5.32 Å². The Morgan fingerprint density at radius 1 is 1.20 bits per heavy atom. The molecule has 2 heterocycles. The number of anilines is 1. The zero-order valence-electron chi connectivity index (χ0n) is 16.7. The predicted molar refractivity (Wildman–Crippen MR) is 119 cm³/mol. The van der Waals surface area contributed by atoms with E-state index in [1.54, 1.807) is 44.2 Å². The van der Waals surface area contributed by atoms with Crippen molar-refractivity contribution in [3.8, 4) is 0 Å². The number of thioether (sulfide) groups is 1. The molecule has 160 valence electrons. The van der Waals surface area contributed by atoms with Crippen LogP contribution in [0.5, 0.6) is 0 Å². The maximum atomic E-state index is 12.5. The van der Waals surface area contributed by atoms with Gasteiger partial charge in [-0.15, -0.1) is 16.4 Å². The van der Waals surface area contributed by atoms with E-state index in [1.165, 1.54) is 28.8 Å². The number of nitrogens with zero attached hydrogens (tertiary/aromatic N) is 2. The average Bonchev–Trinajstić information content (AvgIpc) is 3.33. The van der Waals surface area contributed by atoms with Gasteiger partial charge in [0.15, 0.2) is 0 Å². The van der Waals surface area contributed by atoms with Crippen LogP contribution in [0.1, 0.15) is 31.5 Å². The number of sulfonamides is 1. The quantitative estimate of drug-likeness (QED) is 0.418. The number of thiophene rings is 1. The van der Waals surface area contributed by atoms with Crippen molar-refractivity contribution in [1.29, 1.82) is 0 Å². The molecule has 1 amide bonds. The summed E-state index contributed by atoms with van der Waals surface area (Å²) in [5.41, 5.74) is 0.518. The van der Waals surface area contributed by atoms with Gasteiger partial charge < -0.3 is 5.32 Å². The molecule has 0 spiro atoms. The molecule has 0 radical (unpaired) electrons. The molecule has 3 rings (SSSR count). The Morgan fingerprint density at radius 3 is 2.57 bits per heavy atom. The van der Waals surface area contributed by atoms with Crippen molar-refractivity contribution in [1.82, 2.24) is 19.9 Å². The maximum absolute atomic E-state index is 12.5. The summed E-state index contributed by atoms with van der Waals surface area (Å²) in [6.07, 6.45) is 0.673. The van der Waals surface area contributed by atoms with Crippen LogP contribution in [0.25, 0.3) is 0 Å². The van der Waals surface area contributed by atoms with Crippen molar-refractivity contribution in [3.63, 3.8) is 0 Å². The van der Waals surface area contributed by atoms with Crippen LogP contribution >= 0.6 is 23.1 Å². The van der Waals surface area contributed by atoms with Gasteiger partial charge in [0.2, 0.25) is 21.1 Å². The van der Waals surface area contributed by atoms with Crippen LogP contribution in [0.3, 0.4) is 0 Å². The van der Waals surface area contributed by atoms with Crippen molar-refractivity contribution in [3.05, 3.63) is 52.5 Å². The lowest BCUT2D eigenvalue weighted by atomic mass is 10.3. The first-order valence-electron chi connectivity index (χ1n) is 9.26. The highest BCUT2D eigenvalue weighted by atomic mass is 32.2. The fourth-order valence-corrected chi connectivity index (χ4v) is 5.24. The van der Waals surface area contributed by atoms with E-state index in [9.17, 15) is 13.2 Å². The topological polar surface area (TPSA) is 117 Å². The summed E-state index contributed by atoms with van der Waals surface area (Å²) in [4.78, 5) is 18.2. The number of nitrogens with one attached hydrogen (secondary N) is 3. The van der Waals surface area contributed by atoms with Gasteiger partial charge in [-0.2, -0.15) is 0 Å². The number of amides is 1. The highest BCUT2D eigenvalue weighted by Crippen LogP contribution is 2.22. The minimum atomic E-state index is -3.56. The van der Waals surface area contributed by atoms with Crippen LogP contribution in [0.15, 0.2) is 51.8 Å². The lowest BCUT2D eigenvalue weighted by molar-refractivity contribution is -0.115. The number of benzene rings is 1. The lowest BCUT2D eigenvalue weighted by Gasteiger charge is -2.12. The van der Waals surface area contributed by atoms with Gasteiger partial charge in [-0.05, 0) is 56.5 Å². The first-order chi connectivity index (χ1) is 14.2. The van der Waals surface area contributed by atoms with E-state index < -0.39 is 15.3 Å². The first kappa shape index (κ1) is 22.5. The summed E-state index contributed by atoms with van der Waals surface area (Å²) < 4.78 is 26.9. The molecule has 11 heteroatoms. The number of hydrogen-bond acceptors (Lipinski definition) is 7. The van der Waals surface area contributed by atoms with E-state index in [4.69, 9.17) is 0 Å². The minimum absolute atomic E-state index is 0.149. The number of aromatic nitrogens is 3. The average molecular weight is 466 g/mol. The number of aromatic amines is 1. The molecule has 0 bridgehead atoms. The highest BCUT2D eigenvalue weighted by molar-refractivity contribution is 8.00. The molecular weight excluding hydrogens is 442 g/mol. The van der Waals surface area contributed by atoms with Gasteiger partial charge in [0.05, 0.1) is 10.1 Å². The summed E-state index contributed by atoms with van der Waals surface area (Å²) in [5.74, 6) is 0.528. The third-order valence-corrected chi connectivity index (χ3v) is 7.42. The Hall–Kier alpha value is -2.21. The largest absolute Gasteiger partial charge is 0.325 e. The molecule has 0 aliphatic rings. The second-order valence-electron chi connectivity index (χ2n) is 6.87. The lowest BCUT2D eigenvalue weighted by Crippen LogP contribution is -2.30. The third kappa shape index (κ3) is 6.14. The summed E-state index contributed by atoms with van der Waals surface area (Å²) in [5, 5.41) is 11.9. The molecule has 2 aromatic heterocycles. The second-order valence-corrected chi connectivity index (χ2v) is 10.9. The van der Waals surface area contributed by atoms with Crippen LogP contribution in [0.2, 0.25) is 0 Å². The second kappa shape index (κ2) is 9.73. The van der Waals surface area contributed by atoms with Crippen LogP contribution < -0.4 is 10.0 Å². The molecule has 0 aliphatic carbocycles. The normalized spacial score (nSPS) is 12.8. The molecule has 0 fully saturated rings. The Kier molecular flexibility index (Phi) is 7.29. The van der Waals surface area contributed by atoms with E-state index in [0.717, 1.165) is 5.82 Å². The van der Waals surface area contributed by atoms with Gasteiger partial charge in [0, 0.05) is 23.0 Å². The molecule has 8 nitrogen and oxygen atoms in total. The zero-order chi connectivity index (χ0) is 21.7. The standard InChI is InChI=1S/C19H23N5O3S3/c1-12(2)24-30(26,27)16-8-6-14(7-9-16)20-18(25)13(3)29-19-21-17(22-23-19)11-15-5-4-10-28-15/h4-10,12-13,24H,11H2,1-3H3,(H,20,25)(H,21,22,23). The molecule has 3 N–H and O–H groups in total. The maximum Gasteiger partial charge on any atom is 0.240 e. The van der Waals surface area contributed by atoms with Crippen molar-refractivity contribution in [2.45, 2.75) is 48.5 Å². The summed E-state index contributed by atoms with van der Waals surface area (Å²) >= 11 is 2.90. The highest BCUT2D eigenvalue weighted by Gasteiger charge is 2.19. The fourth-order valence-electron chi connectivity index (χ4n) is 2.54. The van der Waals surface area contributed by atoms with Gasteiger partial charge in [-0.25, -0.2) is 18.1 Å². The summed E-state index contributed by atoms with van der Waals surface area (Å²) in [7, 11) is -3.56. The van der Waals surface area contributed by atoms with Gasteiger partial charge in [0.1, 0.15) is 5.82 Å². The van der Waals surface area contributed by atoms with Gasteiger partial charge in [-0.1, -0.05) is 17.8 Å². The Labute approximate surface area is 184 Å². The molecule has 1 aromatic carbocycles. The predicted octanol–water partition coefficient (Wildman–Crippen LogP) is 3.26. The van der Waals surface area contributed by atoms with E-state index in [1.807, 2.05) is 17.5 Å². The number of hydrogen-bond donors (Lipinski definition) is 3. The summed E-state index contributed by atoms with van der Waals surface area (Å²) in [6, 6.07) is 9.88. The van der Waals surface area contributed by atoms with Crippen LogP contribution in [-0.2, 0) is 21.2 Å². The summed E-state index contributed by atoms with van der Waals surface area (Å²) in [6.45, 7) is 5.27. The van der Waals surface area contributed by atoms with Crippen LogP contribution in [-0.4, -0.2) is 40.8 Å². The molecular formula is C19H23N5O3S3. The molecule has 0 saturated heterocycles. The molecule has 30 heavy (non-hydrogen) atoms. The zero-order valence-corrected chi connectivity index (χ0v) is 19.2.